The third-order valence-electron chi connectivity index (χ3n) is 1.42. The first kappa shape index (κ1) is 8.12. The molecule has 0 radical (unpaired) electrons. The molecule has 1 aromatic rings. The van der Waals surface area contributed by atoms with Crippen LogP contribution in [0.5, 0.6) is 0 Å². The largest absolute Gasteiger partial charge is 0.192 e. The minimum Gasteiger partial charge on any atom is -0.192 e. The van der Waals surface area contributed by atoms with Crippen molar-refractivity contribution in [2.24, 2.45) is 5.11 Å². The Morgan fingerprint density at radius 1 is 1.58 bits per heavy atom. The Balaban J connectivity index is 3.31. The van der Waals surface area contributed by atoms with E-state index in [-0.39, 0.29) is 0 Å². The van der Waals surface area contributed by atoms with Gasteiger partial charge in [0, 0.05) is 4.91 Å². The van der Waals surface area contributed by atoms with Gasteiger partial charge < -0.3 is 0 Å². The van der Waals surface area contributed by atoms with Gasteiger partial charge in [0.15, 0.2) is 0 Å². The van der Waals surface area contributed by atoms with Gasteiger partial charge in [-0.05, 0) is 24.1 Å². The lowest BCUT2D eigenvalue weighted by Gasteiger charge is -1.96. The van der Waals surface area contributed by atoms with Crippen molar-refractivity contribution >= 4 is 5.69 Å². The van der Waals surface area contributed by atoms with Gasteiger partial charge in [-0.2, -0.15) is 5.26 Å². The van der Waals surface area contributed by atoms with Crippen LogP contribution < -0.4 is 0 Å². The molecule has 0 fully saturated rings. The van der Waals surface area contributed by atoms with E-state index in [0.29, 0.717) is 11.3 Å². The number of hydrogen-bond acceptors (Lipinski definition) is 2. The van der Waals surface area contributed by atoms with Crippen LogP contribution in [0.4, 0.5) is 5.69 Å². The second-order valence-corrected chi connectivity index (χ2v) is 2.32. The summed E-state index contributed by atoms with van der Waals surface area (Å²) < 4.78 is 0. The molecule has 4 heteroatoms. The van der Waals surface area contributed by atoms with Gasteiger partial charge in [0.2, 0.25) is 0 Å². The van der Waals surface area contributed by atoms with E-state index < -0.39 is 0 Å². The predicted octanol–water partition coefficient (Wildman–Crippen LogP) is 2.81. The molecule has 1 rings (SSSR count). The molecule has 0 saturated carbocycles. The van der Waals surface area contributed by atoms with E-state index >= 15 is 0 Å². The normalized spacial score (nSPS) is 8.33. The van der Waals surface area contributed by atoms with Gasteiger partial charge in [0.25, 0.3) is 0 Å². The molecular formula is C8H6N4. The maximum Gasteiger partial charge on any atom is 0.0996 e. The molecule has 0 heterocycles. The van der Waals surface area contributed by atoms with Gasteiger partial charge in [0.1, 0.15) is 0 Å². The van der Waals surface area contributed by atoms with Crippen molar-refractivity contribution in [1.82, 2.24) is 0 Å². The molecule has 0 unspecified atom stereocenters. The summed E-state index contributed by atoms with van der Waals surface area (Å²) in [6.45, 7) is 1.88. The second-order valence-electron chi connectivity index (χ2n) is 2.32. The number of nitrogens with zero attached hydrogens (tertiary/aromatic N) is 4. The number of nitriles is 1. The Bertz CT molecular complexity index is 383. The highest BCUT2D eigenvalue weighted by atomic mass is 15.1. The molecule has 0 aliphatic rings. The number of aryl methyl sites for hydroxylation is 1. The minimum absolute atomic E-state index is 0.380. The van der Waals surface area contributed by atoms with Crippen LogP contribution in [0.15, 0.2) is 23.3 Å². The number of azide groups is 1. The molecule has 0 aromatic heterocycles. The highest BCUT2D eigenvalue weighted by Gasteiger charge is 1.98. The topological polar surface area (TPSA) is 72.6 Å². The maximum atomic E-state index is 8.64. The number of rotatable bonds is 1. The molecule has 0 amide bonds. The first-order chi connectivity index (χ1) is 5.77. The van der Waals surface area contributed by atoms with E-state index in [0.717, 1.165) is 5.56 Å². The van der Waals surface area contributed by atoms with E-state index in [4.69, 9.17) is 10.8 Å². The molecular weight excluding hydrogens is 152 g/mol. The zero-order valence-corrected chi connectivity index (χ0v) is 6.52. The molecule has 4 nitrogen and oxygen atoms in total. The fourth-order valence-electron chi connectivity index (χ4n) is 0.875. The lowest BCUT2D eigenvalue weighted by Crippen LogP contribution is -1.77. The highest BCUT2D eigenvalue weighted by Crippen LogP contribution is 2.19. The van der Waals surface area contributed by atoms with E-state index in [1.165, 1.54) is 0 Å². The lowest BCUT2D eigenvalue weighted by atomic mass is 10.1. The zero-order chi connectivity index (χ0) is 8.97. The Labute approximate surface area is 69.7 Å². The number of benzene rings is 1. The van der Waals surface area contributed by atoms with Crippen molar-refractivity contribution in [3.05, 3.63) is 39.8 Å². The summed E-state index contributed by atoms with van der Waals surface area (Å²) in [6, 6.07) is 7.07. The van der Waals surface area contributed by atoms with Crippen LogP contribution in [0.1, 0.15) is 11.1 Å². The van der Waals surface area contributed by atoms with Crippen LogP contribution in [0.3, 0.4) is 0 Å². The molecule has 0 saturated heterocycles. The minimum atomic E-state index is 0.380. The van der Waals surface area contributed by atoms with Gasteiger partial charge in [0.05, 0.1) is 17.3 Å². The molecule has 0 aliphatic carbocycles. The Kier molecular flexibility index (Phi) is 2.32. The van der Waals surface area contributed by atoms with Crippen LogP contribution in [-0.4, -0.2) is 0 Å². The smallest absolute Gasteiger partial charge is 0.0996 e. The van der Waals surface area contributed by atoms with Crippen molar-refractivity contribution in [1.29, 1.82) is 5.26 Å². The zero-order valence-electron chi connectivity index (χ0n) is 6.52. The third kappa shape index (κ3) is 1.54. The molecule has 0 N–H and O–H groups in total. The van der Waals surface area contributed by atoms with Crippen LogP contribution >= 0.6 is 0 Å². The summed E-state index contributed by atoms with van der Waals surface area (Å²) in [7, 11) is 0. The van der Waals surface area contributed by atoms with E-state index in [2.05, 4.69) is 10.0 Å². The molecule has 0 aliphatic heterocycles. The Morgan fingerprint density at radius 3 is 2.92 bits per heavy atom. The summed E-state index contributed by atoms with van der Waals surface area (Å²) in [6.07, 6.45) is 0. The summed E-state index contributed by atoms with van der Waals surface area (Å²) in [5, 5.41) is 12.0. The monoisotopic (exact) mass is 158 g/mol. The maximum absolute atomic E-state index is 8.64. The molecule has 0 bridgehead atoms. The first-order valence-corrected chi connectivity index (χ1v) is 3.34. The molecule has 58 valence electrons. The standard InChI is InChI=1S/C8H6N4/c1-6-2-3-8(11-12-10)7(4-6)5-9/h2-4H,1H3. The van der Waals surface area contributed by atoms with Crippen molar-refractivity contribution in [2.75, 3.05) is 0 Å². The van der Waals surface area contributed by atoms with Gasteiger partial charge in [-0.15, -0.1) is 0 Å². The van der Waals surface area contributed by atoms with Gasteiger partial charge in [-0.1, -0.05) is 17.2 Å². The molecule has 0 spiro atoms. The van der Waals surface area contributed by atoms with E-state index in [1.807, 2.05) is 13.0 Å². The van der Waals surface area contributed by atoms with Gasteiger partial charge in [-0.3, -0.25) is 0 Å². The first-order valence-electron chi connectivity index (χ1n) is 3.34. The van der Waals surface area contributed by atoms with Gasteiger partial charge >= 0.3 is 0 Å². The van der Waals surface area contributed by atoms with Crippen molar-refractivity contribution in [2.45, 2.75) is 6.92 Å². The van der Waals surface area contributed by atoms with E-state index in [1.54, 1.807) is 18.2 Å². The van der Waals surface area contributed by atoms with Crippen LogP contribution in [0.2, 0.25) is 0 Å². The summed E-state index contributed by atoms with van der Waals surface area (Å²) >= 11 is 0. The third-order valence-corrected chi connectivity index (χ3v) is 1.42. The fourth-order valence-corrected chi connectivity index (χ4v) is 0.875. The molecule has 1 aromatic carbocycles. The van der Waals surface area contributed by atoms with Crippen molar-refractivity contribution in [3.8, 4) is 6.07 Å². The molecule has 12 heavy (non-hydrogen) atoms. The average molecular weight is 158 g/mol. The van der Waals surface area contributed by atoms with Crippen molar-refractivity contribution < 1.29 is 0 Å². The van der Waals surface area contributed by atoms with E-state index in [9.17, 15) is 0 Å². The predicted molar refractivity (Wildman–Crippen MR) is 44.7 cm³/mol. The number of hydrogen-bond donors (Lipinski definition) is 0. The van der Waals surface area contributed by atoms with Crippen LogP contribution in [0.25, 0.3) is 10.4 Å². The van der Waals surface area contributed by atoms with Crippen molar-refractivity contribution in [3.63, 3.8) is 0 Å². The highest BCUT2D eigenvalue weighted by molar-refractivity contribution is 5.54. The summed E-state index contributed by atoms with van der Waals surface area (Å²) in [5.41, 5.74) is 9.92. The summed E-state index contributed by atoms with van der Waals surface area (Å²) in [5.74, 6) is 0. The average Bonchev–Trinajstić information content (AvgIpc) is 2.08. The SMILES string of the molecule is Cc1ccc(N=[N+]=[N-])c(C#N)c1. The molecule has 0 atom stereocenters. The Hall–Kier alpha value is -1.98. The van der Waals surface area contributed by atoms with Crippen LogP contribution in [0, 0.1) is 18.3 Å². The fraction of sp³-hybridized carbons (Fsp3) is 0.125. The quantitative estimate of drug-likeness (QED) is 0.352. The second kappa shape index (κ2) is 3.42. The summed E-state index contributed by atoms with van der Waals surface area (Å²) in [4.78, 5) is 2.62. The lowest BCUT2D eigenvalue weighted by molar-refractivity contribution is 1.37. The van der Waals surface area contributed by atoms with Crippen LogP contribution in [-0.2, 0) is 0 Å². The Morgan fingerprint density at radius 2 is 2.33 bits per heavy atom. The van der Waals surface area contributed by atoms with Gasteiger partial charge in [-0.25, -0.2) is 0 Å².